The van der Waals surface area contributed by atoms with Crippen molar-refractivity contribution >= 4 is 53.8 Å². The van der Waals surface area contributed by atoms with Crippen LogP contribution in [0.2, 0.25) is 0 Å². The molecule has 0 atom stereocenters. The van der Waals surface area contributed by atoms with Crippen molar-refractivity contribution in [1.82, 2.24) is 0 Å². The summed E-state index contributed by atoms with van der Waals surface area (Å²) in [7, 11) is 0. The maximum Gasteiger partial charge on any atom is 0.305 e. The van der Waals surface area contributed by atoms with Crippen LogP contribution in [-0.4, -0.2) is 14.7 Å². The van der Waals surface area contributed by atoms with E-state index in [0.29, 0.717) is 13.0 Å². The first-order valence-corrected chi connectivity index (χ1v) is 6.06. The Labute approximate surface area is 97.8 Å². The fourth-order valence-corrected chi connectivity index (χ4v) is 1.51. The molecular formula is C7H11Br3O2. The van der Waals surface area contributed by atoms with Crippen LogP contribution in [0.5, 0.6) is 0 Å². The molecule has 72 valence electrons. The SMILES string of the molecule is CCOC(=O)CCCC(Br)(Br)Br. The third kappa shape index (κ3) is 9.00. The molecule has 0 saturated heterocycles. The lowest BCUT2D eigenvalue weighted by Crippen LogP contribution is -2.06. The predicted octanol–water partition coefficient (Wildman–Crippen LogP) is 3.56. The molecule has 12 heavy (non-hydrogen) atoms. The molecule has 0 N–H and O–H groups in total. The quantitative estimate of drug-likeness (QED) is 0.561. The molecule has 0 amide bonds. The highest BCUT2D eigenvalue weighted by molar-refractivity contribution is 9.39. The van der Waals surface area contributed by atoms with Gasteiger partial charge in [-0.15, -0.1) is 0 Å². The minimum Gasteiger partial charge on any atom is -0.466 e. The summed E-state index contributed by atoms with van der Waals surface area (Å²) in [6.07, 6.45) is 2.09. The number of esters is 1. The van der Waals surface area contributed by atoms with Crippen molar-refractivity contribution in [2.24, 2.45) is 0 Å². The third-order valence-corrected chi connectivity index (χ3v) is 2.34. The van der Waals surface area contributed by atoms with Crippen LogP contribution in [0.15, 0.2) is 0 Å². The van der Waals surface area contributed by atoms with Gasteiger partial charge < -0.3 is 4.74 Å². The van der Waals surface area contributed by atoms with Crippen molar-refractivity contribution < 1.29 is 9.53 Å². The molecule has 0 radical (unpaired) electrons. The van der Waals surface area contributed by atoms with Crippen LogP contribution in [0.3, 0.4) is 0 Å². The summed E-state index contributed by atoms with van der Waals surface area (Å²) in [5.41, 5.74) is 0. The Morgan fingerprint density at radius 2 is 2.00 bits per heavy atom. The van der Waals surface area contributed by atoms with Crippen molar-refractivity contribution in [3.8, 4) is 0 Å². The zero-order valence-electron chi connectivity index (χ0n) is 6.78. The van der Waals surface area contributed by atoms with Gasteiger partial charge in [0.15, 0.2) is 0 Å². The van der Waals surface area contributed by atoms with Gasteiger partial charge in [-0.05, 0) is 19.8 Å². The largest absolute Gasteiger partial charge is 0.466 e. The summed E-state index contributed by atoms with van der Waals surface area (Å²) in [6, 6.07) is 0. The fourth-order valence-electron chi connectivity index (χ4n) is 0.666. The molecule has 0 aromatic heterocycles. The number of carbonyl (C=O) groups is 1. The van der Waals surface area contributed by atoms with Crippen LogP contribution < -0.4 is 0 Å². The summed E-state index contributed by atoms with van der Waals surface area (Å²) < 4.78 is 4.54. The van der Waals surface area contributed by atoms with E-state index in [9.17, 15) is 4.79 Å². The molecule has 2 nitrogen and oxygen atoms in total. The molecule has 0 aromatic carbocycles. The monoisotopic (exact) mass is 364 g/mol. The van der Waals surface area contributed by atoms with Gasteiger partial charge in [0, 0.05) is 6.42 Å². The number of halogens is 3. The Morgan fingerprint density at radius 3 is 2.42 bits per heavy atom. The van der Waals surface area contributed by atoms with Crippen LogP contribution in [0, 0.1) is 0 Å². The van der Waals surface area contributed by atoms with E-state index in [-0.39, 0.29) is 8.11 Å². The van der Waals surface area contributed by atoms with E-state index < -0.39 is 0 Å². The molecule has 0 aliphatic rings. The lowest BCUT2D eigenvalue weighted by atomic mass is 10.2. The van der Waals surface area contributed by atoms with Gasteiger partial charge in [0.05, 0.1) is 6.61 Å². The lowest BCUT2D eigenvalue weighted by molar-refractivity contribution is -0.143. The van der Waals surface area contributed by atoms with Gasteiger partial charge in [-0.1, -0.05) is 47.8 Å². The van der Waals surface area contributed by atoms with E-state index in [1.807, 2.05) is 6.92 Å². The standard InChI is InChI=1S/C7H11Br3O2/c1-2-12-6(11)4-3-5-7(8,9)10/h2-5H2,1H3. The Bertz CT molecular complexity index is 142. The average Bonchev–Trinajstić information content (AvgIpc) is 1.84. The number of carbonyl (C=O) groups excluding carboxylic acids is 1. The number of hydrogen-bond acceptors (Lipinski definition) is 2. The first kappa shape index (κ1) is 12.9. The minimum absolute atomic E-state index is 0.130. The summed E-state index contributed by atoms with van der Waals surface area (Å²) in [4.78, 5) is 10.9. The Hall–Kier alpha value is 0.910. The number of hydrogen-bond donors (Lipinski definition) is 0. The molecule has 0 aliphatic heterocycles. The van der Waals surface area contributed by atoms with Gasteiger partial charge in [-0.25, -0.2) is 0 Å². The van der Waals surface area contributed by atoms with Crippen LogP contribution in [-0.2, 0) is 9.53 Å². The summed E-state index contributed by atoms with van der Waals surface area (Å²) in [6.45, 7) is 2.27. The number of ether oxygens (including phenoxy) is 1. The zero-order valence-corrected chi connectivity index (χ0v) is 11.5. The first-order valence-electron chi connectivity index (χ1n) is 3.68. The van der Waals surface area contributed by atoms with Gasteiger partial charge in [0.1, 0.15) is 2.14 Å². The van der Waals surface area contributed by atoms with E-state index >= 15 is 0 Å². The third-order valence-electron chi connectivity index (χ3n) is 1.15. The molecule has 0 saturated carbocycles. The molecule has 0 bridgehead atoms. The van der Waals surface area contributed by atoms with Crippen molar-refractivity contribution in [1.29, 1.82) is 0 Å². The molecule has 0 fully saturated rings. The van der Waals surface area contributed by atoms with Gasteiger partial charge >= 0.3 is 5.97 Å². The molecule has 0 heterocycles. The second-order valence-corrected chi connectivity index (χ2v) is 9.53. The van der Waals surface area contributed by atoms with E-state index in [4.69, 9.17) is 4.74 Å². The summed E-state index contributed by atoms with van der Waals surface area (Å²) in [5.74, 6) is -0.130. The van der Waals surface area contributed by atoms with Crippen molar-refractivity contribution in [2.75, 3.05) is 6.61 Å². The van der Waals surface area contributed by atoms with Crippen molar-refractivity contribution in [2.45, 2.75) is 28.3 Å². The highest BCUT2D eigenvalue weighted by atomic mass is 80.0. The van der Waals surface area contributed by atoms with Gasteiger partial charge in [0.25, 0.3) is 0 Å². The molecule has 0 spiro atoms. The Kier molecular flexibility index (Phi) is 6.86. The topological polar surface area (TPSA) is 26.3 Å². The normalized spacial score (nSPS) is 11.3. The molecule has 0 unspecified atom stereocenters. The second-order valence-electron chi connectivity index (χ2n) is 2.27. The number of rotatable bonds is 4. The maximum atomic E-state index is 10.9. The smallest absolute Gasteiger partial charge is 0.305 e. The fraction of sp³-hybridized carbons (Fsp3) is 0.857. The van der Waals surface area contributed by atoms with Crippen molar-refractivity contribution in [3.63, 3.8) is 0 Å². The summed E-state index contributed by atoms with van der Waals surface area (Å²) in [5, 5.41) is 0. The van der Waals surface area contributed by atoms with Crippen LogP contribution >= 0.6 is 47.8 Å². The van der Waals surface area contributed by atoms with Crippen LogP contribution in [0.1, 0.15) is 26.2 Å². The van der Waals surface area contributed by atoms with Gasteiger partial charge in [-0.2, -0.15) is 0 Å². The number of alkyl halides is 3. The van der Waals surface area contributed by atoms with E-state index in [0.717, 1.165) is 12.8 Å². The Balaban J connectivity index is 3.37. The summed E-state index contributed by atoms with van der Waals surface area (Å²) >= 11 is 10.0. The zero-order chi connectivity index (χ0) is 9.61. The molecule has 0 aliphatic carbocycles. The molecule has 0 rings (SSSR count). The van der Waals surface area contributed by atoms with E-state index in [1.165, 1.54) is 0 Å². The maximum absolute atomic E-state index is 10.9. The van der Waals surface area contributed by atoms with E-state index in [2.05, 4.69) is 47.8 Å². The van der Waals surface area contributed by atoms with Gasteiger partial charge in [0.2, 0.25) is 0 Å². The van der Waals surface area contributed by atoms with Crippen LogP contribution in [0.4, 0.5) is 0 Å². The van der Waals surface area contributed by atoms with Gasteiger partial charge in [-0.3, -0.25) is 4.79 Å². The minimum atomic E-state index is -0.237. The molecular weight excluding hydrogens is 356 g/mol. The highest BCUT2D eigenvalue weighted by Crippen LogP contribution is 2.38. The first-order chi connectivity index (χ1) is 5.45. The Morgan fingerprint density at radius 1 is 1.42 bits per heavy atom. The van der Waals surface area contributed by atoms with Crippen LogP contribution in [0.25, 0.3) is 0 Å². The molecule has 0 aromatic rings. The second kappa shape index (κ2) is 6.38. The van der Waals surface area contributed by atoms with Crippen molar-refractivity contribution in [3.05, 3.63) is 0 Å². The highest BCUT2D eigenvalue weighted by Gasteiger charge is 2.17. The average molecular weight is 367 g/mol. The predicted molar refractivity (Wildman–Crippen MR) is 60.0 cm³/mol. The van der Waals surface area contributed by atoms with E-state index in [1.54, 1.807) is 0 Å². The lowest BCUT2D eigenvalue weighted by Gasteiger charge is -2.10. The molecule has 5 heteroatoms.